The van der Waals surface area contributed by atoms with Crippen molar-refractivity contribution in [2.75, 3.05) is 6.61 Å². The molecule has 0 aliphatic carbocycles. The zero-order valence-electron chi connectivity index (χ0n) is 13.5. The van der Waals surface area contributed by atoms with Crippen LogP contribution < -0.4 is 0 Å². The fraction of sp³-hybridized carbons (Fsp3) is 0.933. The van der Waals surface area contributed by atoms with Crippen molar-refractivity contribution in [3.63, 3.8) is 0 Å². The SMILES string of the molecule is CCCC(CC)P(OCCC#N)N(C(C)C)C(C)C. The van der Waals surface area contributed by atoms with E-state index >= 15 is 0 Å². The lowest BCUT2D eigenvalue weighted by atomic mass is 10.2. The zero-order chi connectivity index (χ0) is 14.8. The second-order valence-corrected chi connectivity index (χ2v) is 7.52. The Kier molecular flexibility index (Phi) is 10.5. The molecule has 0 saturated carbocycles. The highest BCUT2D eigenvalue weighted by molar-refractivity contribution is 7.50. The van der Waals surface area contributed by atoms with E-state index in [4.69, 9.17) is 9.79 Å². The van der Waals surface area contributed by atoms with Gasteiger partial charge in [-0.1, -0.05) is 20.3 Å². The van der Waals surface area contributed by atoms with Crippen molar-refractivity contribution in [3.05, 3.63) is 0 Å². The van der Waals surface area contributed by atoms with Gasteiger partial charge in [0, 0.05) is 17.7 Å². The van der Waals surface area contributed by atoms with E-state index in [-0.39, 0.29) is 0 Å². The maximum absolute atomic E-state index is 8.70. The van der Waals surface area contributed by atoms with Crippen LogP contribution in [-0.2, 0) is 4.52 Å². The fourth-order valence-corrected chi connectivity index (χ4v) is 5.10. The molecule has 0 bridgehead atoms. The second-order valence-electron chi connectivity index (χ2n) is 5.46. The van der Waals surface area contributed by atoms with Gasteiger partial charge in [-0.2, -0.15) is 5.26 Å². The van der Waals surface area contributed by atoms with Crippen molar-refractivity contribution in [1.82, 2.24) is 4.67 Å². The Morgan fingerprint density at radius 1 is 1.16 bits per heavy atom. The number of rotatable bonds is 10. The van der Waals surface area contributed by atoms with Crippen molar-refractivity contribution in [2.45, 2.75) is 85.0 Å². The monoisotopic (exact) mass is 286 g/mol. The third kappa shape index (κ3) is 6.70. The molecule has 0 N–H and O–H groups in total. The summed E-state index contributed by atoms with van der Waals surface area (Å²) in [6.45, 7) is 14.0. The molecule has 0 rings (SSSR count). The standard InChI is InChI=1S/C15H31N2OP/c1-7-10-15(8-2)19(18-12-9-11-16)17(13(3)4)14(5)6/h13-15H,7-10,12H2,1-6H3. The van der Waals surface area contributed by atoms with Crippen LogP contribution in [0.5, 0.6) is 0 Å². The first kappa shape index (κ1) is 18.8. The maximum Gasteiger partial charge on any atom is 0.108 e. The van der Waals surface area contributed by atoms with Crippen molar-refractivity contribution in [3.8, 4) is 6.07 Å². The van der Waals surface area contributed by atoms with Gasteiger partial charge >= 0.3 is 0 Å². The lowest BCUT2D eigenvalue weighted by Crippen LogP contribution is -2.36. The minimum Gasteiger partial charge on any atom is -0.342 e. The Balaban J connectivity index is 4.93. The molecule has 0 spiro atoms. The molecule has 0 aromatic rings. The summed E-state index contributed by atoms with van der Waals surface area (Å²) in [5, 5.41) is 8.70. The number of hydrogen-bond donors (Lipinski definition) is 0. The van der Waals surface area contributed by atoms with Gasteiger partial charge < -0.3 is 4.52 Å². The third-order valence-corrected chi connectivity index (χ3v) is 6.20. The predicted molar refractivity (Wildman–Crippen MR) is 84.2 cm³/mol. The molecule has 112 valence electrons. The predicted octanol–water partition coefficient (Wildman–Crippen LogP) is 4.93. The van der Waals surface area contributed by atoms with E-state index in [0.717, 1.165) is 6.42 Å². The minimum absolute atomic E-state index is 0.485. The van der Waals surface area contributed by atoms with Gasteiger partial charge in [0.1, 0.15) is 8.30 Å². The van der Waals surface area contributed by atoms with Crippen molar-refractivity contribution in [1.29, 1.82) is 5.26 Å². The molecular formula is C15H31N2OP. The van der Waals surface area contributed by atoms with Crippen molar-refractivity contribution < 1.29 is 4.52 Å². The molecule has 0 amide bonds. The Morgan fingerprint density at radius 2 is 1.74 bits per heavy atom. The van der Waals surface area contributed by atoms with Crippen LogP contribution in [0.4, 0.5) is 0 Å². The molecular weight excluding hydrogens is 255 g/mol. The van der Waals surface area contributed by atoms with Crippen LogP contribution in [0, 0.1) is 11.3 Å². The molecule has 4 heteroatoms. The summed E-state index contributed by atoms with van der Waals surface area (Å²) >= 11 is 0. The highest BCUT2D eigenvalue weighted by Gasteiger charge is 2.30. The van der Waals surface area contributed by atoms with Crippen LogP contribution in [0.3, 0.4) is 0 Å². The first-order chi connectivity index (χ1) is 8.99. The van der Waals surface area contributed by atoms with Crippen LogP contribution in [0.1, 0.15) is 67.2 Å². The van der Waals surface area contributed by atoms with E-state index < -0.39 is 8.30 Å². The summed E-state index contributed by atoms with van der Waals surface area (Å²) in [4.78, 5) is 0. The van der Waals surface area contributed by atoms with Gasteiger partial charge in [0.05, 0.1) is 19.1 Å². The molecule has 0 aromatic carbocycles. The largest absolute Gasteiger partial charge is 0.342 e. The topological polar surface area (TPSA) is 36.3 Å². The van der Waals surface area contributed by atoms with E-state index in [1.165, 1.54) is 12.8 Å². The molecule has 0 aliphatic rings. The van der Waals surface area contributed by atoms with E-state index in [0.29, 0.717) is 30.8 Å². The van der Waals surface area contributed by atoms with Crippen LogP contribution in [0.15, 0.2) is 0 Å². The molecule has 2 atom stereocenters. The molecule has 0 aromatic heterocycles. The number of hydrogen-bond acceptors (Lipinski definition) is 3. The van der Waals surface area contributed by atoms with Crippen LogP contribution in [-0.4, -0.2) is 29.0 Å². The first-order valence-corrected chi connectivity index (χ1v) is 8.84. The fourth-order valence-electron chi connectivity index (χ4n) is 2.40. The Morgan fingerprint density at radius 3 is 2.11 bits per heavy atom. The highest BCUT2D eigenvalue weighted by Crippen LogP contribution is 2.51. The lowest BCUT2D eigenvalue weighted by Gasteiger charge is -2.41. The molecule has 0 radical (unpaired) electrons. The quantitative estimate of drug-likeness (QED) is 0.422. The van der Waals surface area contributed by atoms with E-state index in [9.17, 15) is 0 Å². The average Bonchev–Trinajstić information content (AvgIpc) is 2.34. The third-order valence-electron chi connectivity index (χ3n) is 3.13. The van der Waals surface area contributed by atoms with E-state index in [1.807, 2.05) is 0 Å². The summed E-state index contributed by atoms with van der Waals surface area (Å²) in [6, 6.07) is 3.15. The Bertz CT molecular complexity index is 255. The second kappa shape index (κ2) is 10.6. The molecule has 2 unspecified atom stereocenters. The number of nitrogens with zero attached hydrogens (tertiary/aromatic N) is 2. The first-order valence-electron chi connectivity index (χ1n) is 7.56. The number of nitriles is 1. The normalized spacial score (nSPS) is 14.9. The van der Waals surface area contributed by atoms with Crippen molar-refractivity contribution in [2.24, 2.45) is 0 Å². The Labute approximate surface area is 121 Å². The Hall–Kier alpha value is -0.160. The van der Waals surface area contributed by atoms with Gasteiger partial charge in [0.2, 0.25) is 0 Å². The lowest BCUT2D eigenvalue weighted by molar-refractivity contribution is 0.249. The van der Waals surface area contributed by atoms with E-state index in [2.05, 4.69) is 52.3 Å². The van der Waals surface area contributed by atoms with Crippen molar-refractivity contribution >= 4 is 8.30 Å². The molecule has 0 saturated heterocycles. The molecule has 0 aliphatic heterocycles. The molecule has 19 heavy (non-hydrogen) atoms. The molecule has 0 heterocycles. The van der Waals surface area contributed by atoms with Gasteiger partial charge in [-0.3, -0.25) is 4.67 Å². The van der Waals surface area contributed by atoms with Gasteiger partial charge in [0.25, 0.3) is 0 Å². The smallest absolute Gasteiger partial charge is 0.108 e. The summed E-state index contributed by atoms with van der Waals surface area (Å²) in [7, 11) is -0.602. The van der Waals surface area contributed by atoms with Gasteiger partial charge in [0.15, 0.2) is 0 Å². The summed E-state index contributed by atoms with van der Waals surface area (Å²) in [5.74, 6) is 0. The highest BCUT2D eigenvalue weighted by atomic mass is 31.2. The van der Waals surface area contributed by atoms with Gasteiger partial charge in [-0.15, -0.1) is 0 Å². The van der Waals surface area contributed by atoms with Gasteiger partial charge in [-0.25, -0.2) is 0 Å². The molecule has 0 fully saturated rings. The minimum atomic E-state index is -0.602. The summed E-state index contributed by atoms with van der Waals surface area (Å²) in [6.07, 6.45) is 4.06. The summed E-state index contributed by atoms with van der Waals surface area (Å²) in [5.41, 5.74) is 0.614. The summed E-state index contributed by atoms with van der Waals surface area (Å²) < 4.78 is 8.65. The van der Waals surface area contributed by atoms with Gasteiger partial charge in [-0.05, 0) is 40.5 Å². The van der Waals surface area contributed by atoms with E-state index in [1.54, 1.807) is 0 Å². The average molecular weight is 286 g/mol. The van der Waals surface area contributed by atoms with Crippen LogP contribution >= 0.6 is 8.30 Å². The van der Waals surface area contributed by atoms with Crippen LogP contribution in [0.25, 0.3) is 0 Å². The molecule has 3 nitrogen and oxygen atoms in total. The van der Waals surface area contributed by atoms with Crippen LogP contribution in [0.2, 0.25) is 0 Å². The zero-order valence-corrected chi connectivity index (χ0v) is 14.4. The maximum atomic E-state index is 8.70.